The first-order valence-corrected chi connectivity index (χ1v) is 3.68. The van der Waals surface area contributed by atoms with E-state index >= 15 is 0 Å². The SMILES string of the molecule is NC(=O)c1ccc(OC(F)(F)F)c(O)c1. The van der Waals surface area contributed by atoms with Gasteiger partial charge in [-0.2, -0.15) is 0 Å². The highest BCUT2D eigenvalue weighted by molar-refractivity contribution is 5.93. The number of primary amides is 1. The molecule has 0 aliphatic rings. The van der Waals surface area contributed by atoms with Gasteiger partial charge in [-0.15, -0.1) is 13.2 Å². The molecule has 1 amide bonds. The van der Waals surface area contributed by atoms with E-state index in [0.717, 1.165) is 18.2 Å². The monoisotopic (exact) mass is 221 g/mol. The number of halogens is 3. The molecule has 0 radical (unpaired) electrons. The second-order valence-electron chi connectivity index (χ2n) is 2.59. The Bertz CT molecular complexity index is 389. The lowest BCUT2D eigenvalue weighted by Gasteiger charge is -2.10. The van der Waals surface area contributed by atoms with Gasteiger partial charge < -0.3 is 15.6 Å². The summed E-state index contributed by atoms with van der Waals surface area (Å²) < 4.78 is 38.7. The second kappa shape index (κ2) is 3.68. The molecule has 4 nitrogen and oxygen atoms in total. The van der Waals surface area contributed by atoms with Gasteiger partial charge in [0.05, 0.1) is 0 Å². The summed E-state index contributed by atoms with van der Waals surface area (Å²) >= 11 is 0. The maximum absolute atomic E-state index is 11.8. The quantitative estimate of drug-likeness (QED) is 0.792. The van der Waals surface area contributed by atoms with E-state index in [4.69, 9.17) is 10.8 Å². The summed E-state index contributed by atoms with van der Waals surface area (Å²) in [5.74, 6) is -2.44. The van der Waals surface area contributed by atoms with Crippen LogP contribution in [-0.2, 0) is 0 Å². The van der Waals surface area contributed by atoms with Crippen LogP contribution in [0.3, 0.4) is 0 Å². The van der Waals surface area contributed by atoms with Crippen LogP contribution in [0, 0.1) is 0 Å². The zero-order chi connectivity index (χ0) is 11.6. The van der Waals surface area contributed by atoms with E-state index in [-0.39, 0.29) is 5.56 Å². The van der Waals surface area contributed by atoms with Gasteiger partial charge in [-0.25, -0.2) is 0 Å². The average Bonchev–Trinajstić information content (AvgIpc) is 2.05. The van der Waals surface area contributed by atoms with Crippen molar-refractivity contribution in [3.8, 4) is 11.5 Å². The number of carbonyl (C=O) groups is 1. The fourth-order valence-electron chi connectivity index (χ4n) is 0.882. The van der Waals surface area contributed by atoms with Crippen molar-refractivity contribution in [3.05, 3.63) is 23.8 Å². The van der Waals surface area contributed by atoms with Crippen molar-refractivity contribution >= 4 is 5.91 Å². The van der Waals surface area contributed by atoms with Crippen molar-refractivity contribution in [3.63, 3.8) is 0 Å². The maximum atomic E-state index is 11.8. The molecule has 3 N–H and O–H groups in total. The Balaban J connectivity index is 2.99. The number of phenolic OH excluding ortho intramolecular Hbond substituents is 1. The summed E-state index contributed by atoms with van der Waals surface area (Å²) in [6.45, 7) is 0. The zero-order valence-electron chi connectivity index (χ0n) is 7.21. The minimum Gasteiger partial charge on any atom is -0.504 e. The number of rotatable bonds is 2. The lowest BCUT2D eigenvalue weighted by Crippen LogP contribution is -2.17. The molecule has 0 saturated heterocycles. The van der Waals surface area contributed by atoms with E-state index in [9.17, 15) is 18.0 Å². The maximum Gasteiger partial charge on any atom is 0.573 e. The third-order valence-corrected chi connectivity index (χ3v) is 1.47. The molecule has 1 aromatic carbocycles. The lowest BCUT2D eigenvalue weighted by atomic mass is 10.2. The topological polar surface area (TPSA) is 72.6 Å². The molecule has 0 bridgehead atoms. The Kier molecular flexibility index (Phi) is 2.74. The summed E-state index contributed by atoms with van der Waals surface area (Å²) in [6, 6.07) is 2.62. The number of aromatic hydroxyl groups is 1. The minimum atomic E-state index is -4.90. The van der Waals surface area contributed by atoms with Crippen LogP contribution in [0.15, 0.2) is 18.2 Å². The zero-order valence-corrected chi connectivity index (χ0v) is 7.21. The number of hydrogen-bond donors (Lipinski definition) is 2. The third kappa shape index (κ3) is 3.04. The Hall–Kier alpha value is -1.92. The summed E-state index contributed by atoms with van der Waals surface area (Å²) in [5.41, 5.74) is 4.74. The van der Waals surface area contributed by atoms with Crippen LogP contribution < -0.4 is 10.5 Å². The number of hydrogen-bond acceptors (Lipinski definition) is 3. The second-order valence-corrected chi connectivity index (χ2v) is 2.59. The van der Waals surface area contributed by atoms with Crippen LogP contribution in [0.25, 0.3) is 0 Å². The van der Waals surface area contributed by atoms with Gasteiger partial charge in [0.1, 0.15) is 0 Å². The Morgan fingerprint density at radius 2 is 2.00 bits per heavy atom. The van der Waals surface area contributed by atoms with E-state index in [1.807, 2.05) is 0 Å². The van der Waals surface area contributed by atoms with E-state index in [1.165, 1.54) is 0 Å². The van der Waals surface area contributed by atoms with E-state index in [1.54, 1.807) is 0 Å². The number of amides is 1. The van der Waals surface area contributed by atoms with Crippen LogP contribution in [-0.4, -0.2) is 17.4 Å². The van der Waals surface area contributed by atoms with Crippen molar-refractivity contribution in [2.45, 2.75) is 6.36 Å². The van der Waals surface area contributed by atoms with Crippen LogP contribution in [0.5, 0.6) is 11.5 Å². The van der Waals surface area contributed by atoms with Gasteiger partial charge in [0.15, 0.2) is 11.5 Å². The number of benzene rings is 1. The van der Waals surface area contributed by atoms with Gasteiger partial charge in [0, 0.05) is 5.56 Å². The van der Waals surface area contributed by atoms with Crippen molar-refractivity contribution < 1.29 is 27.8 Å². The predicted octanol–water partition coefficient (Wildman–Crippen LogP) is 1.39. The molecule has 0 atom stereocenters. The highest BCUT2D eigenvalue weighted by Crippen LogP contribution is 2.31. The van der Waals surface area contributed by atoms with Gasteiger partial charge in [0.2, 0.25) is 5.91 Å². The molecule has 82 valence electrons. The van der Waals surface area contributed by atoms with Gasteiger partial charge >= 0.3 is 6.36 Å². The number of alkyl halides is 3. The van der Waals surface area contributed by atoms with Crippen molar-refractivity contribution in [2.75, 3.05) is 0 Å². The van der Waals surface area contributed by atoms with Crippen molar-refractivity contribution in [2.24, 2.45) is 5.73 Å². The fourth-order valence-corrected chi connectivity index (χ4v) is 0.882. The summed E-state index contributed by atoms with van der Waals surface area (Å²) in [4.78, 5) is 10.6. The molecular weight excluding hydrogens is 215 g/mol. The Labute approximate surface area is 82.1 Å². The number of ether oxygens (including phenoxy) is 1. The summed E-state index contributed by atoms with van der Waals surface area (Å²) in [6.07, 6.45) is -4.90. The van der Waals surface area contributed by atoms with Crippen LogP contribution in [0.1, 0.15) is 10.4 Å². The predicted molar refractivity (Wildman–Crippen MR) is 43.3 cm³/mol. The van der Waals surface area contributed by atoms with Gasteiger partial charge in [0.25, 0.3) is 0 Å². The highest BCUT2D eigenvalue weighted by atomic mass is 19.4. The first kappa shape index (κ1) is 11.2. The molecule has 0 spiro atoms. The molecule has 0 fully saturated rings. The van der Waals surface area contributed by atoms with Crippen LogP contribution >= 0.6 is 0 Å². The largest absolute Gasteiger partial charge is 0.573 e. The normalized spacial score (nSPS) is 11.1. The van der Waals surface area contributed by atoms with Crippen molar-refractivity contribution in [1.29, 1.82) is 0 Å². The van der Waals surface area contributed by atoms with Gasteiger partial charge in [-0.3, -0.25) is 4.79 Å². The highest BCUT2D eigenvalue weighted by Gasteiger charge is 2.32. The molecule has 0 saturated carbocycles. The standard InChI is InChI=1S/C8H6F3NO3/c9-8(10,11)15-6-2-1-4(7(12)14)3-5(6)13/h1-3,13H,(H2,12,14). The molecule has 0 aliphatic heterocycles. The lowest BCUT2D eigenvalue weighted by molar-refractivity contribution is -0.275. The summed E-state index contributed by atoms with van der Waals surface area (Å²) in [7, 11) is 0. The first-order chi connectivity index (χ1) is 6.79. The van der Waals surface area contributed by atoms with E-state index in [0.29, 0.717) is 0 Å². The molecule has 0 aliphatic carbocycles. The fraction of sp³-hybridized carbons (Fsp3) is 0.125. The molecule has 15 heavy (non-hydrogen) atoms. The Morgan fingerprint density at radius 3 is 2.40 bits per heavy atom. The Morgan fingerprint density at radius 1 is 1.40 bits per heavy atom. The van der Waals surface area contributed by atoms with Crippen molar-refractivity contribution in [1.82, 2.24) is 0 Å². The molecule has 0 heterocycles. The van der Waals surface area contributed by atoms with Gasteiger partial charge in [-0.1, -0.05) is 0 Å². The first-order valence-electron chi connectivity index (χ1n) is 3.68. The minimum absolute atomic E-state index is 0.109. The molecule has 1 aromatic rings. The molecule has 0 unspecified atom stereocenters. The molecule has 0 aromatic heterocycles. The van der Waals surface area contributed by atoms with Crippen LogP contribution in [0.2, 0.25) is 0 Å². The van der Waals surface area contributed by atoms with E-state index in [2.05, 4.69) is 4.74 Å². The van der Waals surface area contributed by atoms with E-state index < -0.39 is 23.8 Å². The molecule has 1 rings (SSSR count). The average molecular weight is 221 g/mol. The van der Waals surface area contributed by atoms with Crippen LogP contribution in [0.4, 0.5) is 13.2 Å². The summed E-state index contributed by atoms with van der Waals surface area (Å²) in [5, 5.41) is 9.07. The van der Waals surface area contributed by atoms with Gasteiger partial charge in [-0.05, 0) is 18.2 Å². The number of phenols is 1. The number of carbonyl (C=O) groups excluding carboxylic acids is 1. The molecular formula is C8H6F3NO3. The third-order valence-electron chi connectivity index (χ3n) is 1.47. The number of nitrogens with two attached hydrogens (primary N) is 1. The molecule has 7 heteroatoms. The smallest absolute Gasteiger partial charge is 0.504 e.